The van der Waals surface area contributed by atoms with Crippen molar-refractivity contribution in [3.8, 4) is 17.2 Å². The number of nitrogens with two attached hydrogens (primary N) is 1. The molecule has 1 aliphatic rings. The minimum Gasteiger partial charge on any atom is -0.493 e. The summed E-state index contributed by atoms with van der Waals surface area (Å²) in [6.07, 6.45) is 5.23. The summed E-state index contributed by atoms with van der Waals surface area (Å²) in [6, 6.07) is 11.0. The van der Waals surface area contributed by atoms with E-state index in [1.165, 1.54) is 19.2 Å². The summed E-state index contributed by atoms with van der Waals surface area (Å²) in [5, 5.41) is 0. The van der Waals surface area contributed by atoms with Crippen molar-refractivity contribution in [1.29, 1.82) is 0 Å². The van der Waals surface area contributed by atoms with Gasteiger partial charge in [-0.3, -0.25) is 0 Å². The molecule has 0 spiro atoms. The molecule has 0 bridgehead atoms. The zero-order valence-electron chi connectivity index (χ0n) is 16.3. The van der Waals surface area contributed by atoms with E-state index in [0.29, 0.717) is 18.0 Å². The molecule has 6 nitrogen and oxygen atoms in total. The first-order chi connectivity index (χ1) is 13.9. The number of halogens is 1. The molecule has 2 aromatic rings. The molecule has 1 aliphatic heterocycles. The number of para-hydroxylation sites is 1. The van der Waals surface area contributed by atoms with Gasteiger partial charge in [-0.15, -0.1) is 0 Å². The molecule has 0 saturated carbocycles. The van der Waals surface area contributed by atoms with Gasteiger partial charge in [-0.2, -0.15) is 12.3 Å². The second kappa shape index (κ2) is 8.36. The highest BCUT2D eigenvalue weighted by atomic mass is 32.2. The van der Waals surface area contributed by atoms with Gasteiger partial charge in [-0.05, 0) is 48.9 Å². The van der Waals surface area contributed by atoms with E-state index in [1.54, 1.807) is 49.5 Å². The number of rotatable bonds is 7. The van der Waals surface area contributed by atoms with Gasteiger partial charge in [0.15, 0.2) is 17.3 Å². The summed E-state index contributed by atoms with van der Waals surface area (Å²) in [7, 11) is -2.08. The quantitative estimate of drug-likeness (QED) is 0.693. The molecule has 2 N–H and O–H groups in total. The highest BCUT2D eigenvalue weighted by molar-refractivity contribution is 7.91. The lowest BCUT2D eigenvalue weighted by Crippen LogP contribution is -2.51. The van der Waals surface area contributed by atoms with Crippen molar-refractivity contribution in [2.24, 2.45) is 5.73 Å². The van der Waals surface area contributed by atoms with Gasteiger partial charge in [-0.25, -0.2) is 4.39 Å². The second-order valence-corrected chi connectivity index (χ2v) is 8.91. The standard InChI is InChI=1S/C21H24FN2O4S/c1-3-29(25,26)24(13-11-16(15-23)12-14-24)17-7-9-18(10-8-17)28-21-19(22)5-4-6-20(21)27-2/h4-13H,3,14-15,23H2,1-2H3/q+1. The summed E-state index contributed by atoms with van der Waals surface area (Å²) in [6.45, 7) is 2.22. The second-order valence-electron chi connectivity index (χ2n) is 6.51. The maximum absolute atomic E-state index is 14.1. The Kier molecular flexibility index (Phi) is 6.07. The van der Waals surface area contributed by atoms with Gasteiger partial charge in [0.1, 0.15) is 18.5 Å². The van der Waals surface area contributed by atoms with E-state index in [4.69, 9.17) is 15.2 Å². The topological polar surface area (TPSA) is 78.6 Å². The van der Waals surface area contributed by atoms with Gasteiger partial charge < -0.3 is 15.2 Å². The Balaban J connectivity index is 1.96. The SMILES string of the molecule is CCS(=O)(=O)[N+]1(c2ccc(Oc3c(F)cccc3OC)cc2)C=CC(CN)=CC1. The predicted molar refractivity (Wildman–Crippen MR) is 112 cm³/mol. The Labute approximate surface area is 170 Å². The van der Waals surface area contributed by atoms with Crippen molar-refractivity contribution >= 4 is 15.7 Å². The van der Waals surface area contributed by atoms with E-state index >= 15 is 0 Å². The molecule has 29 heavy (non-hydrogen) atoms. The molecule has 154 valence electrons. The number of methoxy groups -OCH3 is 1. The van der Waals surface area contributed by atoms with Gasteiger partial charge in [0.25, 0.3) is 0 Å². The minimum atomic E-state index is -3.51. The van der Waals surface area contributed by atoms with Gasteiger partial charge in [0.05, 0.1) is 12.9 Å². The maximum atomic E-state index is 14.1. The van der Waals surface area contributed by atoms with Crippen LogP contribution in [0, 0.1) is 5.82 Å². The molecule has 1 atom stereocenters. The third-order valence-corrected chi connectivity index (χ3v) is 7.10. The van der Waals surface area contributed by atoms with E-state index in [2.05, 4.69) is 0 Å². The summed E-state index contributed by atoms with van der Waals surface area (Å²) >= 11 is 0. The Morgan fingerprint density at radius 2 is 1.90 bits per heavy atom. The summed E-state index contributed by atoms with van der Waals surface area (Å²) in [5.41, 5.74) is 7.11. The average Bonchev–Trinajstić information content (AvgIpc) is 2.75. The Morgan fingerprint density at radius 1 is 1.17 bits per heavy atom. The number of nitrogens with zero attached hydrogens (tertiary/aromatic N) is 1. The van der Waals surface area contributed by atoms with Crippen LogP contribution < -0.4 is 19.1 Å². The summed E-state index contributed by atoms with van der Waals surface area (Å²) < 4.78 is 50.4. The molecular weight excluding hydrogens is 395 g/mol. The van der Waals surface area contributed by atoms with Crippen LogP contribution in [0.3, 0.4) is 0 Å². The van der Waals surface area contributed by atoms with Gasteiger partial charge in [0.2, 0.25) is 5.75 Å². The zero-order valence-corrected chi connectivity index (χ0v) is 17.2. The van der Waals surface area contributed by atoms with Crippen LogP contribution in [0.4, 0.5) is 10.1 Å². The first kappa shape index (κ1) is 21.0. The number of ether oxygens (including phenoxy) is 2. The highest BCUT2D eigenvalue weighted by Gasteiger charge is 2.41. The molecule has 0 aliphatic carbocycles. The highest BCUT2D eigenvalue weighted by Crippen LogP contribution is 2.37. The third-order valence-electron chi connectivity index (χ3n) is 4.90. The van der Waals surface area contributed by atoms with Gasteiger partial charge in [0, 0.05) is 18.7 Å². The summed E-state index contributed by atoms with van der Waals surface area (Å²) in [5.74, 6) is 0.0337. The van der Waals surface area contributed by atoms with Crippen molar-refractivity contribution in [2.75, 3.05) is 26.0 Å². The molecule has 1 unspecified atom stereocenters. The van der Waals surface area contributed by atoms with Crippen molar-refractivity contribution < 1.29 is 22.3 Å². The first-order valence-electron chi connectivity index (χ1n) is 9.17. The summed E-state index contributed by atoms with van der Waals surface area (Å²) in [4.78, 5) is 0. The van der Waals surface area contributed by atoms with E-state index < -0.39 is 15.8 Å². The van der Waals surface area contributed by atoms with Crippen LogP contribution in [0.2, 0.25) is 0 Å². The van der Waals surface area contributed by atoms with Crippen molar-refractivity contribution in [3.05, 3.63) is 72.2 Å². The molecule has 1 heterocycles. The van der Waals surface area contributed by atoms with Crippen LogP contribution in [0.1, 0.15) is 6.92 Å². The van der Waals surface area contributed by atoms with Crippen molar-refractivity contribution in [2.45, 2.75) is 6.92 Å². The van der Waals surface area contributed by atoms with Crippen LogP contribution >= 0.6 is 0 Å². The predicted octanol–water partition coefficient (Wildman–Crippen LogP) is 3.70. The van der Waals surface area contributed by atoms with E-state index in [9.17, 15) is 12.8 Å². The number of sulfonamides is 1. The fraction of sp³-hybridized carbons (Fsp3) is 0.238. The molecule has 3 rings (SSSR count). The van der Waals surface area contributed by atoms with Crippen LogP contribution in [-0.2, 0) is 10.0 Å². The third kappa shape index (κ3) is 3.91. The van der Waals surface area contributed by atoms with Crippen molar-refractivity contribution in [3.63, 3.8) is 0 Å². The van der Waals surface area contributed by atoms with Gasteiger partial charge >= 0.3 is 10.0 Å². The van der Waals surface area contributed by atoms with Crippen LogP contribution in [0.25, 0.3) is 0 Å². The first-order valence-corrected chi connectivity index (χ1v) is 10.8. The lowest BCUT2D eigenvalue weighted by Gasteiger charge is -2.33. The largest absolute Gasteiger partial charge is 0.493 e. The van der Waals surface area contributed by atoms with Crippen molar-refractivity contribution in [1.82, 2.24) is 3.89 Å². The molecule has 8 heteroatoms. The number of quaternary nitrogens is 1. The monoisotopic (exact) mass is 419 g/mol. The Hall–Kier alpha value is -2.68. The molecule has 2 aromatic carbocycles. The molecule has 0 amide bonds. The van der Waals surface area contributed by atoms with E-state index in [0.717, 1.165) is 5.57 Å². The molecule has 0 aromatic heterocycles. The molecular formula is C21H24FN2O4S+. The fourth-order valence-electron chi connectivity index (χ4n) is 3.17. The lowest BCUT2D eigenvalue weighted by atomic mass is 10.1. The smallest absolute Gasteiger partial charge is 0.306 e. The fourth-order valence-corrected chi connectivity index (χ4v) is 4.62. The molecule has 0 radical (unpaired) electrons. The van der Waals surface area contributed by atoms with Crippen LogP contribution in [0.15, 0.2) is 66.4 Å². The van der Waals surface area contributed by atoms with E-state index in [1.807, 2.05) is 6.08 Å². The Bertz CT molecular complexity index is 1050. The number of benzene rings is 2. The minimum absolute atomic E-state index is 0.0200. The maximum Gasteiger partial charge on any atom is 0.306 e. The number of hydrogen-bond donors (Lipinski definition) is 1. The molecule has 0 fully saturated rings. The Morgan fingerprint density at radius 3 is 2.45 bits per heavy atom. The lowest BCUT2D eigenvalue weighted by molar-refractivity contribution is 0.364. The zero-order chi connectivity index (χ0) is 21.1. The van der Waals surface area contributed by atoms with Crippen LogP contribution in [-0.4, -0.2) is 34.4 Å². The van der Waals surface area contributed by atoms with Gasteiger partial charge in [-0.1, -0.05) is 6.07 Å². The normalized spacial score (nSPS) is 19.0. The number of hydrogen-bond acceptors (Lipinski definition) is 5. The molecule has 0 saturated heterocycles. The van der Waals surface area contributed by atoms with E-state index in [-0.39, 0.29) is 27.7 Å². The van der Waals surface area contributed by atoms with Crippen LogP contribution in [0.5, 0.6) is 17.2 Å². The average molecular weight is 419 g/mol.